The maximum Gasteiger partial charge on any atom is 0.416 e. The Hall–Kier alpha value is -2.37. The van der Waals surface area contributed by atoms with Crippen molar-refractivity contribution in [1.82, 2.24) is 0 Å². The summed E-state index contributed by atoms with van der Waals surface area (Å²) in [4.78, 5) is 2.07. The van der Waals surface area contributed by atoms with Gasteiger partial charge in [0.1, 0.15) is 5.75 Å². The number of fused-ring (bicyclic) bond motifs is 1. The topological polar surface area (TPSA) is 35.5 Å². The fourth-order valence-electron chi connectivity index (χ4n) is 3.07. The van der Waals surface area contributed by atoms with Gasteiger partial charge in [-0.15, -0.1) is 0 Å². The minimum Gasteiger partial charge on any atom is -0.508 e. The highest BCUT2D eigenvalue weighted by Crippen LogP contribution is 2.37. The molecule has 0 spiro atoms. The van der Waals surface area contributed by atoms with E-state index in [1.807, 2.05) is 13.0 Å². The zero-order chi connectivity index (χ0) is 17.3. The molecule has 0 saturated heterocycles. The van der Waals surface area contributed by atoms with Crippen molar-refractivity contribution in [2.24, 2.45) is 0 Å². The summed E-state index contributed by atoms with van der Waals surface area (Å²) in [6.45, 7) is 3.71. The van der Waals surface area contributed by atoms with Crippen LogP contribution < -0.4 is 10.2 Å². The van der Waals surface area contributed by atoms with E-state index in [1.165, 1.54) is 12.1 Å². The third-order valence-electron chi connectivity index (χ3n) is 4.23. The van der Waals surface area contributed by atoms with Gasteiger partial charge in [-0.3, -0.25) is 0 Å². The van der Waals surface area contributed by atoms with Crippen LogP contribution in [0, 0.1) is 0 Å². The Labute approximate surface area is 138 Å². The number of aromatic hydroxyl groups is 1. The van der Waals surface area contributed by atoms with Crippen LogP contribution in [0.5, 0.6) is 5.75 Å². The molecule has 128 valence electrons. The molecule has 1 heterocycles. The van der Waals surface area contributed by atoms with E-state index < -0.39 is 11.7 Å². The standard InChI is InChI=1S/C18H19F3N2O/c1-2-22-16-10-14(18(19,20)21)4-6-17(16)23-8-7-12-9-15(24)5-3-13(12)11-23/h3-6,9-10,22,24H,2,7-8,11H2,1H3. The number of rotatable bonds is 3. The highest BCUT2D eigenvalue weighted by atomic mass is 19.4. The number of benzene rings is 2. The molecule has 0 atom stereocenters. The van der Waals surface area contributed by atoms with Crippen molar-refractivity contribution >= 4 is 11.4 Å². The zero-order valence-corrected chi connectivity index (χ0v) is 13.3. The Morgan fingerprint density at radius 1 is 1.12 bits per heavy atom. The van der Waals surface area contributed by atoms with Gasteiger partial charge < -0.3 is 15.3 Å². The van der Waals surface area contributed by atoms with E-state index in [2.05, 4.69) is 10.2 Å². The summed E-state index contributed by atoms with van der Waals surface area (Å²) in [7, 11) is 0. The Morgan fingerprint density at radius 2 is 1.92 bits per heavy atom. The molecule has 2 aromatic carbocycles. The molecule has 1 aliphatic rings. The number of anilines is 2. The van der Waals surface area contributed by atoms with E-state index in [9.17, 15) is 18.3 Å². The van der Waals surface area contributed by atoms with Crippen LogP contribution in [0.4, 0.5) is 24.5 Å². The maximum atomic E-state index is 13.0. The Balaban J connectivity index is 1.93. The first-order chi connectivity index (χ1) is 11.4. The van der Waals surface area contributed by atoms with Crippen LogP contribution in [0.1, 0.15) is 23.6 Å². The summed E-state index contributed by atoms with van der Waals surface area (Å²) in [5.74, 6) is 0.241. The Bertz CT molecular complexity index is 744. The molecule has 0 unspecified atom stereocenters. The van der Waals surface area contributed by atoms with Gasteiger partial charge in [-0.2, -0.15) is 13.2 Å². The van der Waals surface area contributed by atoms with E-state index in [4.69, 9.17) is 0 Å². The first-order valence-electron chi connectivity index (χ1n) is 7.89. The first-order valence-corrected chi connectivity index (χ1v) is 7.89. The molecule has 0 aliphatic carbocycles. The van der Waals surface area contributed by atoms with Gasteiger partial charge in [-0.1, -0.05) is 6.07 Å². The number of alkyl halides is 3. The molecule has 0 aromatic heterocycles. The molecule has 3 rings (SSSR count). The third-order valence-corrected chi connectivity index (χ3v) is 4.23. The Kier molecular flexibility index (Phi) is 4.30. The molecule has 2 aromatic rings. The number of halogens is 3. The normalized spacial score (nSPS) is 14.4. The van der Waals surface area contributed by atoms with Crippen LogP contribution in [0.3, 0.4) is 0 Å². The molecular formula is C18H19F3N2O. The SMILES string of the molecule is CCNc1cc(C(F)(F)F)ccc1N1CCc2cc(O)ccc2C1. The lowest BCUT2D eigenvalue weighted by molar-refractivity contribution is -0.137. The van der Waals surface area contributed by atoms with Gasteiger partial charge >= 0.3 is 6.18 Å². The van der Waals surface area contributed by atoms with Crippen LogP contribution in [0.25, 0.3) is 0 Å². The predicted octanol–water partition coefficient (Wildman–Crippen LogP) is 4.41. The Morgan fingerprint density at radius 3 is 2.62 bits per heavy atom. The van der Waals surface area contributed by atoms with Gasteiger partial charge in [-0.25, -0.2) is 0 Å². The van der Waals surface area contributed by atoms with Gasteiger partial charge in [0.25, 0.3) is 0 Å². The minimum atomic E-state index is -4.35. The molecule has 0 radical (unpaired) electrons. The van der Waals surface area contributed by atoms with Crippen molar-refractivity contribution in [2.75, 3.05) is 23.3 Å². The highest BCUT2D eigenvalue weighted by molar-refractivity contribution is 5.72. The molecule has 24 heavy (non-hydrogen) atoms. The van der Waals surface area contributed by atoms with Gasteiger partial charge in [0.15, 0.2) is 0 Å². The van der Waals surface area contributed by atoms with Crippen LogP contribution >= 0.6 is 0 Å². The number of phenols is 1. The van der Waals surface area contributed by atoms with E-state index in [1.54, 1.807) is 12.1 Å². The number of hydrogen-bond acceptors (Lipinski definition) is 3. The zero-order valence-electron chi connectivity index (χ0n) is 13.3. The molecule has 1 aliphatic heterocycles. The number of phenolic OH excluding ortho intramolecular Hbond substituents is 1. The van der Waals surface area contributed by atoms with Crippen molar-refractivity contribution in [1.29, 1.82) is 0 Å². The molecular weight excluding hydrogens is 317 g/mol. The monoisotopic (exact) mass is 336 g/mol. The predicted molar refractivity (Wildman–Crippen MR) is 88.5 cm³/mol. The lowest BCUT2D eigenvalue weighted by Crippen LogP contribution is -2.31. The van der Waals surface area contributed by atoms with Crippen molar-refractivity contribution in [3.63, 3.8) is 0 Å². The molecule has 3 nitrogen and oxygen atoms in total. The molecule has 6 heteroatoms. The van der Waals surface area contributed by atoms with E-state index in [0.29, 0.717) is 25.3 Å². The van der Waals surface area contributed by atoms with Gasteiger partial charge in [0, 0.05) is 19.6 Å². The lowest BCUT2D eigenvalue weighted by Gasteiger charge is -2.32. The molecule has 0 fully saturated rings. The molecule has 0 bridgehead atoms. The number of hydrogen-bond donors (Lipinski definition) is 2. The van der Waals surface area contributed by atoms with Gasteiger partial charge in [0.2, 0.25) is 0 Å². The second kappa shape index (κ2) is 6.26. The van der Waals surface area contributed by atoms with Crippen LogP contribution in [-0.4, -0.2) is 18.2 Å². The largest absolute Gasteiger partial charge is 0.508 e. The number of nitrogens with one attached hydrogen (secondary N) is 1. The molecule has 0 amide bonds. The van der Waals surface area contributed by atoms with Gasteiger partial charge in [0.05, 0.1) is 16.9 Å². The maximum absolute atomic E-state index is 13.0. The summed E-state index contributed by atoms with van der Waals surface area (Å²) < 4.78 is 38.9. The van der Waals surface area contributed by atoms with Gasteiger partial charge in [-0.05, 0) is 54.8 Å². The lowest BCUT2D eigenvalue weighted by atomic mass is 9.98. The molecule has 2 N–H and O–H groups in total. The summed E-state index contributed by atoms with van der Waals surface area (Å²) in [5, 5.41) is 12.6. The number of nitrogens with zero attached hydrogens (tertiary/aromatic N) is 1. The third kappa shape index (κ3) is 3.27. The second-order valence-electron chi connectivity index (χ2n) is 5.88. The van der Waals surface area contributed by atoms with Crippen molar-refractivity contribution < 1.29 is 18.3 Å². The smallest absolute Gasteiger partial charge is 0.416 e. The summed E-state index contributed by atoms with van der Waals surface area (Å²) >= 11 is 0. The summed E-state index contributed by atoms with van der Waals surface area (Å²) in [6, 6.07) is 9.10. The average Bonchev–Trinajstić information content (AvgIpc) is 2.54. The molecule has 0 saturated carbocycles. The van der Waals surface area contributed by atoms with E-state index in [0.717, 1.165) is 29.3 Å². The average molecular weight is 336 g/mol. The van der Waals surface area contributed by atoms with Crippen molar-refractivity contribution in [3.8, 4) is 5.75 Å². The van der Waals surface area contributed by atoms with E-state index in [-0.39, 0.29) is 5.75 Å². The van der Waals surface area contributed by atoms with E-state index >= 15 is 0 Å². The second-order valence-corrected chi connectivity index (χ2v) is 5.88. The van der Waals surface area contributed by atoms with Crippen LogP contribution in [0.2, 0.25) is 0 Å². The summed E-state index contributed by atoms with van der Waals surface area (Å²) in [6.07, 6.45) is -3.61. The van der Waals surface area contributed by atoms with Crippen LogP contribution in [-0.2, 0) is 19.1 Å². The summed E-state index contributed by atoms with van der Waals surface area (Å²) in [5.41, 5.74) is 2.78. The quantitative estimate of drug-likeness (QED) is 0.872. The highest BCUT2D eigenvalue weighted by Gasteiger charge is 2.31. The first kappa shape index (κ1) is 16.5. The van der Waals surface area contributed by atoms with Crippen molar-refractivity contribution in [2.45, 2.75) is 26.1 Å². The fourth-order valence-corrected chi connectivity index (χ4v) is 3.07. The van der Waals surface area contributed by atoms with Crippen LogP contribution in [0.15, 0.2) is 36.4 Å². The minimum absolute atomic E-state index is 0.241. The van der Waals surface area contributed by atoms with Crippen molar-refractivity contribution in [3.05, 3.63) is 53.1 Å². The fraction of sp³-hybridized carbons (Fsp3) is 0.333.